The molecule has 2 nitrogen and oxygen atoms in total. The molecular formula is C13H17F3N2. The Kier molecular flexibility index (Phi) is 3.27. The van der Waals surface area contributed by atoms with E-state index in [1.165, 1.54) is 12.1 Å². The molecule has 0 bridgehead atoms. The van der Waals surface area contributed by atoms with Crippen LogP contribution in [-0.2, 0) is 6.18 Å². The van der Waals surface area contributed by atoms with Gasteiger partial charge in [0.25, 0.3) is 0 Å². The molecule has 100 valence electrons. The van der Waals surface area contributed by atoms with Gasteiger partial charge in [-0.3, -0.25) is 0 Å². The van der Waals surface area contributed by atoms with Crippen LogP contribution >= 0.6 is 0 Å². The minimum Gasteiger partial charge on any atom is -0.374 e. The molecule has 1 aliphatic heterocycles. The van der Waals surface area contributed by atoms with Gasteiger partial charge >= 0.3 is 6.18 Å². The molecule has 0 saturated heterocycles. The first kappa shape index (κ1) is 13.2. The Labute approximate surface area is 105 Å². The van der Waals surface area contributed by atoms with Crippen molar-refractivity contribution in [1.82, 2.24) is 5.32 Å². The topological polar surface area (TPSA) is 15.3 Å². The number of fused-ring (bicyclic) bond motifs is 1. The van der Waals surface area contributed by atoms with Crippen LogP contribution in [0.5, 0.6) is 0 Å². The molecule has 5 heteroatoms. The largest absolute Gasteiger partial charge is 0.416 e. The predicted molar refractivity (Wildman–Crippen MR) is 66.0 cm³/mol. The minimum atomic E-state index is -4.29. The second-order valence-corrected chi connectivity index (χ2v) is 4.80. The van der Waals surface area contributed by atoms with E-state index in [4.69, 9.17) is 0 Å². The third kappa shape index (κ3) is 2.07. The highest BCUT2D eigenvalue weighted by atomic mass is 19.4. The number of nitrogens with one attached hydrogen (secondary N) is 1. The molecule has 2 unspecified atom stereocenters. The van der Waals surface area contributed by atoms with Crippen molar-refractivity contribution in [1.29, 1.82) is 0 Å². The van der Waals surface area contributed by atoms with Crippen LogP contribution in [0.1, 0.15) is 24.0 Å². The summed E-state index contributed by atoms with van der Waals surface area (Å²) < 4.78 is 39.2. The van der Waals surface area contributed by atoms with Crippen molar-refractivity contribution in [2.75, 3.05) is 25.5 Å². The maximum atomic E-state index is 13.1. The van der Waals surface area contributed by atoms with E-state index in [0.717, 1.165) is 0 Å². The third-order valence-electron chi connectivity index (χ3n) is 3.70. The van der Waals surface area contributed by atoms with Crippen molar-refractivity contribution in [3.8, 4) is 0 Å². The summed E-state index contributed by atoms with van der Waals surface area (Å²) in [6.45, 7) is 2.53. The van der Waals surface area contributed by atoms with Crippen LogP contribution in [0, 0.1) is 0 Å². The Hall–Kier alpha value is -1.23. The maximum absolute atomic E-state index is 13.1. The Morgan fingerprint density at radius 3 is 2.61 bits per heavy atom. The van der Waals surface area contributed by atoms with Crippen LogP contribution in [0.2, 0.25) is 0 Å². The van der Waals surface area contributed by atoms with E-state index in [9.17, 15) is 13.2 Å². The molecule has 0 radical (unpaired) electrons. The first-order valence-corrected chi connectivity index (χ1v) is 5.94. The van der Waals surface area contributed by atoms with E-state index in [1.54, 1.807) is 13.1 Å². The predicted octanol–water partition coefficient (Wildman–Crippen LogP) is 2.85. The maximum Gasteiger partial charge on any atom is 0.416 e. The summed E-state index contributed by atoms with van der Waals surface area (Å²) >= 11 is 0. The molecule has 0 spiro atoms. The smallest absolute Gasteiger partial charge is 0.374 e. The van der Waals surface area contributed by atoms with Gasteiger partial charge < -0.3 is 10.2 Å². The van der Waals surface area contributed by atoms with Crippen molar-refractivity contribution in [2.45, 2.75) is 25.1 Å². The fourth-order valence-corrected chi connectivity index (χ4v) is 2.62. The van der Waals surface area contributed by atoms with Gasteiger partial charge in [0.15, 0.2) is 0 Å². The molecule has 2 rings (SSSR count). The van der Waals surface area contributed by atoms with Gasteiger partial charge in [0.1, 0.15) is 0 Å². The van der Waals surface area contributed by atoms with E-state index in [-0.39, 0.29) is 12.0 Å². The van der Waals surface area contributed by atoms with Gasteiger partial charge in [0.2, 0.25) is 0 Å². The molecule has 0 fully saturated rings. The van der Waals surface area contributed by atoms with Crippen molar-refractivity contribution >= 4 is 5.69 Å². The highest BCUT2D eigenvalue weighted by molar-refractivity contribution is 5.63. The number of hydrogen-bond donors (Lipinski definition) is 1. The monoisotopic (exact) mass is 258 g/mol. The molecule has 1 N–H and O–H groups in total. The summed E-state index contributed by atoms with van der Waals surface area (Å²) in [5.41, 5.74) is 0.614. The number of anilines is 1. The van der Waals surface area contributed by atoms with E-state index in [0.29, 0.717) is 17.8 Å². The zero-order valence-electron chi connectivity index (χ0n) is 10.7. The summed E-state index contributed by atoms with van der Waals surface area (Å²) in [6.07, 6.45) is -4.29. The number of likely N-dealkylation sites (N-methyl/N-ethyl adjacent to an activating group) is 2. The first-order valence-electron chi connectivity index (χ1n) is 5.94. The minimum absolute atomic E-state index is 0.0113. The standard InChI is InChI=1S/C13H17F3N2/c1-8(17-2)9-7-18(3)11-6-4-5-10(12(9)11)13(14,15)16/h4-6,8-9,17H,7H2,1-3H3. The number of nitrogens with zero attached hydrogens (tertiary/aromatic N) is 1. The Morgan fingerprint density at radius 2 is 2.06 bits per heavy atom. The molecule has 0 aliphatic carbocycles. The summed E-state index contributed by atoms with van der Waals surface area (Å²) in [6, 6.07) is 4.42. The fourth-order valence-electron chi connectivity index (χ4n) is 2.62. The second-order valence-electron chi connectivity index (χ2n) is 4.80. The van der Waals surface area contributed by atoms with Crippen LogP contribution in [0.4, 0.5) is 18.9 Å². The fraction of sp³-hybridized carbons (Fsp3) is 0.538. The molecular weight excluding hydrogens is 241 g/mol. The van der Waals surface area contributed by atoms with E-state index in [1.807, 2.05) is 18.9 Å². The zero-order chi connectivity index (χ0) is 13.5. The molecule has 1 aliphatic rings. The second kappa shape index (κ2) is 4.46. The lowest BCUT2D eigenvalue weighted by Crippen LogP contribution is -2.32. The quantitative estimate of drug-likeness (QED) is 0.877. The summed E-state index contributed by atoms with van der Waals surface area (Å²) in [5, 5.41) is 3.05. The van der Waals surface area contributed by atoms with Crippen LogP contribution in [-0.4, -0.2) is 26.7 Å². The van der Waals surface area contributed by atoms with Gasteiger partial charge in [0.05, 0.1) is 5.56 Å². The number of alkyl halides is 3. The number of benzene rings is 1. The summed E-state index contributed by atoms with van der Waals surface area (Å²) in [4.78, 5) is 1.89. The summed E-state index contributed by atoms with van der Waals surface area (Å²) in [7, 11) is 3.61. The Balaban J connectivity index is 2.55. The number of hydrogen-bond acceptors (Lipinski definition) is 2. The Bertz CT molecular complexity index is 442. The lowest BCUT2D eigenvalue weighted by molar-refractivity contribution is -0.138. The molecule has 1 aromatic rings. The van der Waals surface area contributed by atoms with Crippen molar-refractivity contribution in [3.05, 3.63) is 29.3 Å². The normalized spacial score (nSPS) is 21.0. The molecule has 0 amide bonds. The highest BCUT2D eigenvalue weighted by Gasteiger charge is 2.41. The zero-order valence-corrected chi connectivity index (χ0v) is 10.7. The van der Waals surface area contributed by atoms with Gasteiger partial charge in [-0.15, -0.1) is 0 Å². The third-order valence-corrected chi connectivity index (χ3v) is 3.70. The van der Waals surface area contributed by atoms with Gasteiger partial charge in [0, 0.05) is 31.2 Å². The average molecular weight is 258 g/mol. The van der Waals surface area contributed by atoms with E-state index >= 15 is 0 Å². The number of rotatable bonds is 2. The number of halogens is 3. The molecule has 0 saturated carbocycles. The van der Waals surface area contributed by atoms with Crippen molar-refractivity contribution in [2.24, 2.45) is 0 Å². The molecule has 1 aromatic carbocycles. The van der Waals surface area contributed by atoms with Crippen molar-refractivity contribution < 1.29 is 13.2 Å². The summed E-state index contributed by atoms with van der Waals surface area (Å²) in [5.74, 6) is -0.132. The van der Waals surface area contributed by atoms with Crippen LogP contribution in [0.15, 0.2) is 18.2 Å². The molecule has 0 aromatic heterocycles. The van der Waals surface area contributed by atoms with Crippen molar-refractivity contribution in [3.63, 3.8) is 0 Å². The Morgan fingerprint density at radius 1 is 1.39 bits per heavy atom. The van der Waals surface area contributed by atoms with Gasteiger partial charge in [-0.25, -0.2) is 0 Å². The SMILES string of the molecule is CNC(C)C1CN(C)c2cccc(C(F)(F)F)c21. The molecule has 2 atom stereocenters. The van der Waals surface area contributed by atoms with E-state index in [2.05, 4.69) is 5.32 Å². The van der Waals surface area contributed by atoms with Gasteiger partial charge in [-0.05, 0) is 31.7 Å². The van der Waals surface area contributed by atoms with E-state index < -0.39 is 11.7 Å². The molecule has 1 heterocycles. The van der Waals surface area contributed by atoms with Gasteiger partial charge in [-0.1, -0.05) is 6.07 Å². The van der Waals surface area contributed by atoms with Crippen LogP contribution in [0.3, 0.4) is 0 Å². The lowest BCUT2D eigenvalue weighted by Gasteiger charge is -2.22. The van der Waals surface area contributed by atoms with Gasteiger partial charge in [-0.2, -0.15) is 13.2 Å². The first-order chi connectivity index (χ1) is 8.36. The van der Waals surface area contributed by atoms with Crippen LogP contribution in [0.25, 0.3) is 0 Å². The average Bonchev–Trinajstić information content (AvgIpc) is 2.65. The van der Waals surface area contributed by atoms with Crippen LogP contribution < -0.4 is 10.2 Å². The highest BCUT2D eigenvalue weighted by Crippen LogP contribution is 2.44. The molecule has 18 heavy (non-hydrogen) atoms. The lowest BCUT2D eigenvalue weighted by atomic mass is 9.90.